The Morgan fingerprint density at radius 3 is 1.91 bits per heavy atom. The Hall–Kier alpha value is -8.22. The molecular weight excluding hydrogens is 913 g/mol. The summed E-state index contributed by atoms with van der Waals surface area (Å²) in [6.45, 7) is 13.7. The quantitative estimate of drug-likeness (QED) is 0.116. The van der Waals surface area contributed by atoms with Crippen molar-refractivity contribution in [2.24, 2.45) is 9.98 Å². The monoisotopic (exact) mass is 977 g/mol. The second-order valence-electron chi connectivity index (χ2n) is 21.4. The van der Waals surface area contributed by atoms with E-state index in [-0.39, 0.29) is 11.6 Å². The highest BCUT2D eigenvalue weighted by molar-refractivity contribution is 6.17. The van der Waals surface area contributed by atoms with E-state index in [1.54, 1.807) is 0 Å². The molecule has 10 aromatic rings. The summed E-state index contributed by atoms with van der Waals surface area (Å²) in [7, 11) is 2.17. The number of nitrogens with zero attached hydrogens (tertiary/aromatic N) is 6. The maximum absolute atomic E-state index is 5.85. The highest BCUT2D eigenvalue weighted by Crippen LogP contribution is 2.51. The Morgan fingerprint density at radius 2 is 1.16 bits per heavy atom. The number of rotatable bonds is 13. The summed E-state index contributed by atoms with van der Waals surface area (Å²) < 4.78 is 2.48. The van der Waals surface area contributed by atoms with E-state index in [1.807, 2.05) is 24.3 Å². The molecule has 0 saturated heterocycles. The van der Waals surface area contributed by atoms with Gasteiger partial charge in [0.15, 0.2) is 17.8 Å². The van der Waals surface area contributed by atoms with Crippen LogP contribution in [0.2, 0.25) is 0 Å². The first-order valence-corrected chi connectivity index (χ1v) is 27.0. The Kier molecular flexibility index (Phi) is 12.5. The van der Waals surface area contributed by atoms with E-state index in [1.165, 1.54) is 55.3 Å². The van der Waals surface area contributed by atoms with Gasteiger partial charge >= 0.3 is 0 Å². The van der Waals surface area contributed by atoms with Crippen molar-refractivity contribution < 1.29 is 0 Å². The molecular formula is C69H64N6. The van der Waals surface area contributed by atoms with Gasteiger partial charge in [-0.1, -0.05) is 185 Å². The van der Waals surface area contributed by atoms with Gasteiger partial charge in [-0.25, -0.2) is 20.0 Å². The van der Waals surface area contributed by atoms with Crippen LogP contribution in [0.4, 0.5) is 0 Å². The number of unbranched alkanes of at least 4 members (excludes halogenated alkanes) is 2. The molecule has 1 aliphatic heterocycles. The van der Waals surface area contributed by atoms with Gasteiger partial charge in [-0.2, -0.15) is 0 Å². The molecule has 6 heteroatoms. The predicted octanol–water partition coefficient (Wildman–Crippen LogP) is 17.0. The second kappa shape index (κ2) is 19.6. The summed E-state index contributed by atoms with van der Waals surface area (Å²) in [5.41, 5.74) is 21.4. The van der Waals surface area contributed by atoms with E-state index in [0.29, 0.717) is 11.7 Å². The Balaban J connectivity index is 1.15. The van der Waals surface area contributed by atoms with Crippen molar-refractivity contribution in [2.45, 2.75) is 91.6 Å². The first kappa shape index (κ1) is 47.8. The van der Waals surface area contributed by atoms with Gasteiger partial charge in [0.05, 0.1) is 28.1 Å². The molecule has 0 fully saturated rings. The number of hydrogen-bond donors (Lipinski definition) is 0. The third-order valence-electron chi connectivity index (χ3n) is 15.6. The smallest absolute Gasteiger partial charge is 0.161 e. The third-order valence-corrected chi connectivity index (χ3v) is 15.6. The van der Waals surface area contributed by atoms with Gasteiger partial charge < -0.3 is 9.47 Å². The lowest BCUT2D eigenvalue weighted by atomic mass is 9.82. The summed E-state index contributed by atoms with van der Waals surface area (Å²) in [6, 6.07) is 66.5. The number of para-hydroxylation sites is 1. The normalized spacial score (nSPS) is 14.8. The zero-order chi connectivity index (χ0) is 51.4. The molecule has 0 N–H and O–H groups in total. The number of benzene rings is 8. The molecule has 75 heavy (non-hydrogen) atoms. The largest absolute Gasteiger partial charge is 0.333 e. The molecule has 2 aliphatic rings. The molecule has 3 heterocycles. The summed E-state index contributed by atoms with van der Waals surface area (Å²) in [5.74, 6) is 2.25. The molecule has 0 saturated carbocycles. The van der Waals surface area contributed by atoms with E-state index < -0.39 is 0 Å². The molecule has 6 nitrogen and oxygen atoms in total. The standard InChI is InChI=1S/C69H64N6/c1-8-10-22-46-34-44(3)36-51(38-46)67-72-66(73-68(74(67)7)52-37-45(4)35-47(39-52)23-11-9-2)57-40-50(61-43-60(48-24-14-12-15-25-48)70-65(71-61)49-26-16-13-17-27-49)32-33-63(57)75-62-31-21-19-29-54(62)56-41-55-53-28-18-20-30-58(53)69(5,6)59(55)42-64(56)75/h12-21,24-43,67H,8-11,22-23H2,1-7H3. The van der Waals surface area contributed by atoms with Gasteiger partial charge in [0.25, 0.3) is 0 Å². The first-order chi connectivity index (χ1) is 36.6. The average molecular weight is 977 g/mol. The number of aliphatic imine (C=N–C) groups is 2. The Labute approximate surface area is 442 Å². The van der Waals surface area contributed by atoms with Crippen LogP contribution >= 0.6 is 0 Å². The fourth-order valence-electron chi connectivity index (χ4n) is 11.9. The van der Waals surface area contributed by atoms with Gasteiger partial charge in [0.2, 0.25) is 0 Å². The average Bonchev–Trinajstić information content (AvgIpc) is 3.89. The van der Waals surface area contributed by atoms with Crippen LogP contribution in [0.15, 0.2) is 192 Å². The summed E-state index contributed by atoms with van der Waals surface area (Å²) in [4.78, 5) is 24.5. The van der Waals surface area contributed by atoms with Crippen molar-refractivity contribution in [3.05, 3.63) is 232 Å². The molecule has 370 valence electrons. The van der Waals surface area contributed by atoms with Gasteiger partial charge in [-0.3, -0.25) is 0 Å². The number of aryl methyl sites for hydroxylation is 4. The van der Waals surface area contributed by atoms with Crippen LogP contribution in [-0.2, 0) is 18.3 Å². The highest BCUT2D eigenvalue weighted by Gasteiger charge is 2.37. The molecule has 2 aromatic heterocycles. The van der Waals surface area contributed by atoms with Crippen LogP contribution in [0, 0.1) is 13.8 Å². The molecule has 1 atom stereocenters. The zero-order valence-corrected chi connectivity index (χ0v) is 44.3. The van der Waals surface area contributed by atoms with E-state index in [9.17, 15) is 0 Å². The van der Waals surface area contributed by atoms with Crippen molar-refractivity contribution in [3.8, 4) is 50.7 Å². The predicted molar refractivity (Wildman–Crippen MR) is 313 cm³/mol. The SMILES string of the molecule is CCCCc1cc(C)cc(C2=NC(c3cc(-c4cc(-c5ccccc5)nc(-c5ccccc5)n4)ccc3-n3c4ccccc4c4cc5c(cc43)C(C)(C)c3ccccc3-5)=NC(c3cc(C)cc(CCCC)c3)N2C)c1. The maximum Gasteiger partial charge on any atom is 0.161 e. The van der Waals surface area contributed by atoms with Crippen molar-refractivity contribution in [1.82, 2.24) is 19.4 Å². The molecule has 1 aliphatic carbocycles. The fourth-order valence-corrected chi connectivity index (χ4v) is 11.9. The van der Waals surface area contributed by atoms with Crippen molar-refractivity contribution >= 4 is 33.5 Å². The van der Waals surface area contributed by atoms with E-state index >= 15 is 0 Å². The zero-order valence-electron chi connectivity index (χ0n) is 44.3. The topological polar surface area (TPSA) is 58.7 Å². The lowest BCUT2D eigenvalue weighted by Gasteiger charge is -2.33. The summed E-state index contributed by atoms with van der Waals surface area (Å²) in [5, 5.41) is 2.42. The number of amidine groups is 2. The van der Waals surface area contributed by atoms with E-state index in [4.69, 9.17) is 20.0 Å². The van der Waals surface area contributed by atoms with Crippen LogP contribution in [0.1, 0.15) is 110 Å². The van der Waals surface area contributed by atoms with Gasteiger partial charge in [-0.15, -0.1) is 0 Å². The lowest BCUT2D eigenvalue weighted by molar-refractivity contribution is 0.382. The Morgan fingerprint density at radius 1 is 0.507 bits per heavy atom. The maximum atomic E-state index is 5.85. The second-order valence-corrected chi connectivity index (χ2v) is 21.4. The van der Waals surface area contributed by atoms with Crippen LogP contribution in [0.5, 0.6) is 0 Å². The number of hydrogen-bond acceptors (Lipinski definition) is 5. The summed E-state index contributed by atoms with van der Waals surface area (Å²) >= 11 is 0. The third kappa shape index (κ3) is 8.76. The minimum absolute atomic E-state index is 0.188. The number of fused-ring (bicyclic) bond motifs is 6. The van der Waals surface area contributed by atoms with Crippen LogP contribution in [-0.4, -0.2) is 38.2 Å². The van der Waals surface area contributed by atoms with Gasteiger partial charge in [-0.05, 0) is 127 Å². The fraction of sp³-hybridized carbons (Fsp3) is 0.217. The Bertz CT molecular complexity index is 3820. The minimum atomic E-state index is -0.349. The molecule has 12 rings (SSSR count). The molecule has 8 aromatic carbocycles. The molecule has 1 unspecified atom stereocenters. The first-order valence-electron chi connectivity index (χ1n) is 27.0. The molecule has 0 spiro atoms. The lowest BCUT2D eigenvalue weighted by Crippen LogP contribution is -2.36. The number of aromatic nitrogens is 3. The minimum Gasteiger partial charge on any atom is -0.333 e. The van der Waals surface area contributed by atoms with E-state index in [0.717, 1.165) is 106 Å². The van der Waals surface area contributed by atoms with Crippen LogP contribution < -0.4 is 0 Å². The molecule has 0 radical (unpaired) electrons. The van der Waals surface area contributed by atoms with Crippen molar-refractivity contribution in [1.29, 1.82) is 0 Å². The van der Waals surface area contributed by atoms with E-state index in [2.05, 4.69) is 216 Å². The highest BCUT2D eigenvalue weighted by atomic mass is 15.3. The summed E-state index contributed by atoms with van der Waals surface area (Å²) in [6.07, 6.45) is 6.24. The molecule has 0 bridgehead atoms. The molecule has 0 amide bonds. The van der Waals surface area contributed by atoms with Crippen LogP contribution in [0.3, 0.4) is 0 Å². The van der Waals surface area contributed by atoms with Gasteiger partial charge in [0, 0.05) is 51.1 Å². The van der Waals surface area contributed by atoms with Crippen molar-refractivity contribution in [2.75, 3.05) is 7.05 Å². The van der Waals surface area contributed by atoms with Crippen molar-refractivity contribution in [3.63, 3.8) is 0 Å². The van der Waals surface area contributed by atoms with Crippen LogP contribution in [0.25, 0.3) is 72.5 Å². The van der Waals surface area contributed by atoms with Gasteiger partial charge in [0.1, 0.15) is 5.84 Å².